The van der Waals surface area contributed by atoms with Crippen molar-refractivity contribution in [3.8, 4) is 0 Å². The molecule has 10 nitrogen and oxygen atoms in total. The zero-order valence-electron chi connectivity index (χ0n) is 19.4. The fourth-order valence-electron chi connectivity index (χ4n) is 4.37. The smallest absolute Gasteiger partial charge is 0.281 e. The number of sulfonamides is 1. The van der Waals surface area contributed by atoms with Gasteiger partial charge in [0.15, 0.2) is 16.9 Å². The maximum absolute atomic E-state index is 13.1. The molecule has 2 aromatic heterocycles. The summed E-state index contributed by atoms with van der Waals surface area (Å²) in [5.74, 6) is 0.246. The zero-order valence-corrected chi connectivity index (χ0v) is 21.0. The highest BCUT2D eigenvalue weighted by Crippen LogP contribution is 2.29. The summed E-state index contributed by atoms with van der Waals surface area (Å²) in [6.07, 6.45) is 0.990. The molecule has 12 heteroatoms. The van der Waals surface area contributed by atoms with Gasteiger partial charge in [-0.1, -0.05) is 41.1 Å². The molecule has 3 heterocycles. The van der Waals surface area contributed by atoms with Gasteiger partial charge in [0, 0.05) is 29.6 Å². The first-order valence-corrected chi connectivity index (χ1v) is 13.2. The third-order valence-corrected chi connectivity index (χ3v) is 8.50. The number of carbonyl (C=O) groups is 1. The van der Waals surface area contributed by atoms with E-state index in [4.69, 9.17) is 11.6 Å². The third-order valence-electron chi connectivity index (χ3n) is 6.35. The van der Waals surface area contributed by atoms with Crippen LogP contribution >= 0.6 is 11.6 Å². The topological polar surface area (TPSA) is 131 Å². The fraction of sp³-hybridized carbons (Fsp3) is 0.292. The summed E-state index contributed by atoms with van der Waals surface area (Å²) in [6.45, 7) is 2.35. The molecule has 0 atom stereocenters. The first kappa shape index (κ1) is 24.3. The van der Waals surface area contributed by atoms with Gasteiger partial charge < -0.3 is 4.98 Å². The molecule has 0 spiro atoms. The zero-order chi connectivity index (χ0) is 25.4. The van der Waals surface area contributed by atoms with E-state index in [2.05, 4.69) is 20.3 Å². The Morgan fingerprint density at radius 2 is 1.86 bits per heavy atom. The SMILES string of the molecule is CC(=O)c1ccc(S(=O)(=O)N2CCC(c3nc4c(nnn4Cc4cccc(Cl)c4)c(=O)[nH]3)CC2)cc1. The van der Waals surface area contributed by atoms with Crippen molar-refractivity contribution in [2.75, 3.05) is 13.1 Å². The summed E-state index contributed by atoms with van der Waals surface area (Å²) in [5, 5.41) is 8.67. The molecule has 0 radical (unpaired) electrons. The van der Waals surface area contributed by atoms with Gasteiger partial charge in [0.1, 0.15) is 5.82 Å². The maximum Gasteiger partial charge on any atom is 0.281 e. The van der Waals surface area contributed by atoms with Crippen molar-refractivity contribution in [2.24, 2.45) is 0 Å². The number of H-pyrrole nitrogens is 1. The van der Waals surface area contributed by atoms with E-state index in [9.17, 15) is 18.0 Å². The van der Waals surface area contributed by atoms with Crippen LogP contribution in [0.25, 0.3) is 11.2 Å². The second-order valence-electron chi connectivity index (χ2n) is 8.76. The van der Waals surface area contributed by atoms with Crippen LogP contribution in [0.1, 0.15) is 47.4 Å². The van der Waals surface area contributed by atoms with Crippen LogP contribution in [0.5, 0.6) is 0 Å². The lowest BCUT2D eigenvalue weighted by atomic mass is 9.97. The molecule has 1 aliphatic heterocycles. The lowest BCUT2D eigenvalue weighted by molar-refractivity contribution is 0.101. The molecular formula is C24H23ClN6O4S. The predicted octanol–water partition coefficient (Wildman–Crippen LogP) is 2.99. The molecular weight excluding hydrogens is 504 g/mol. The summed E-state index contributed by atoms with van der Waals surface area (Å²) in [7, 11) is -3.69. The molecule has 0 saturated carbocycles. The van der Waals surface area contributed by atoms with E-state index >= 15 is 0 Å². The van der Waals surface area contributed by atoms with Crippen LogP contribution < -0.4 is 5.56 Å². The molecule has 186 valence electrons. The Balaban J connectivity index is 1.35. The number of ketones is 1. The highest BCUT2D eigenvalue weighted by molar-refractivity contribution is 7.89. The largest absolute Gasteiger partial charge is 0.308 e. The van der Waals surface area contributed by atoms with Gasteiger partial charge in [-0.3, -0.25) is 9.59 Å². The van der Waals surface area contributed by atoms with Crippen LogP contribution in [-0.4, -0.2) is 56.6 Å². The van der Waals surface area contributed by atoms with E-state index in [0.29, 0.717) is 41.4 Å². The molecule has 1 saturated heterocycles. The quantitative estimate of drug-likeness (QED) is 0.382. The van der Waals surface area contributed by atoms with Crippen LogP contribution in [0.15, 0.2) is 58.2 Å². The Hall–Kier alpha value is -3.41. The third kappa shape index (κ3) is 4.69. The first-order chi connectivity index (χ1) is 17.2. The molecule has 1 N–H and O–H groups in total. The molecule has 5 rings (SSSR count). The van der Waals surface area contributed by atoms with Crippen LogP contribution in [-0.2, 0) is 16.6 Å². The van der Waals surface area contributed by atoms with Crippen molar-refractivity contribution in [2.45, 2.75) is 37.1 Å². The van der Waals surface area contributed by atoms with E-state index in [1.165, 1.54) is 35.5 Å². The number of benzene rings is 2. The van der Waals surface area contributed by atoms with Crippen LogP contribution in [0, 0.1) is 0 Å². The molecule has 0 unspecified atom stereocenters. The van der Waals surface area contributed by atoms with Gasteiger partial charge in [-0.05, 0) is 49.6 Å². The van der Waals surface area contributed by atoms with Gasteiger partial charge in [0.05, 0.1) is 11.4 Å². The Kier molecular flexibility index (Phi) is 6.45. The molecule has 1 fully saturated rings. The number of Topliss-reactive ketones (excluding diaryl/α,β-unsaturated/α-hetero) is 1. The van der Waals surface area contributed by atoms with E-state index in [0.717, 1.165) is 5.56 Å². The van der Waals surface area contributed by atoms with Gasteiger partial charge in [-0.15, -0.1) is 5.10 Å². The standard InChI is InChI=1S/C24H23ClN6O4S/c1-15(32)17-5-7-20(8-6-17)36(34,35)30-11-9-18(10-12-30)22-26-23-21(24(33)27-22)28-29-31(23)14-16-3-2-4-19(25)13-16/h2-8,13,18H,9-12,14H2,1H3,(H,26,27,33). The Labute approximate surface area is 212 Å². The molecule has 36 heavy (non-hydrogen) atoms. The van der Waals surface area contributed by atoms with E-state index in [1.807, 2.05) is 18.2 Å². The number of hydrogen-bond acceptors (Lipinski definition) is 7. The molecule has 4 aromatic rings. The predicted molar refractivity (Wildman–Crippen MR) is 134 cm³/mol. The minimum Gasteiger partial charge on any atom is -0.308 e. The summed E-state index contributed by atoms with van der Waals surface area (Å²) in [4.78, 5) is 31.8. The number of nitrogens with one attached hydrogen (secondary N) is 1. The molecule has 2 aromatic carbocycles. The number of rotatable bonds is 6. The van der Waals surface area contributed by atoms with Gasteiger partial charge >= 0.3 is 0 Å². The lowest BCUT2D eigenvalue weighted by Gasteiger charge is -2.30. The number of nitrogens with zero attached hydrogens (tertiary/aromatic N) is 5. The van der Waals surface area contributed by atoms with Crippen molar-refractivity contribution in [1.29, 1.82) is 0 Å². The number of halogens is 1. The van der Waals surface area contributed by atoms with Gasteiger partial charge in [0.2, 0.25) is 10.0 Å². The van der Waals surface area contributed by atoms with Crippen LogP contribution in [0.3, 0.4) is 0 Å². The average Bonchev–Trinajstić information content (AvgIpc) is 3.27. The Morgan fingerprint density at radius 3 is 2.53 bits per heavy atom. The number of hydrogen-bond donors (Lipinski definition) is 1. The number of aromatic nitrogens is 5. The first-order valence-electron chi connectivity index (χ1n) is 11.4. The Morgan fingerprint density at radius 1 is 1.14 bits per heavy atom. The molecule has 0 bridgehead atoms. The number of aromatic amines is 1. The van der Waals surface area contributed by atoms with Gasteiger partial charge in [-0.2, -0.15) is 4.31 Å². The van der Waals surface area contributed by atoms with Crippen molar-refractivity contribution in [1.82, 2.24) is 29.3 Å². The Bertz CT molecular complexity index is 1610. The highest BCUT2D eigenvalue weighted by Gasteiger charge is 2.31. The van der Waals surface area contributed by atoms with E-state index in [-0.39, 0.29) is 40.8 Å². The number of fused-ring (bicyclic) bond motifs is 1. The minimum absolute atomic E-state index is 0.122. The van der Waals surface area contributed by atoms with Crippen molar-refractivity contribution < 1.29 is 13.2 Å². The average molecular weight is 527 g/mol. The summed E-state index contributed by atoms with van der Waals surface area (Å²) < 4.78 is 29.2. The van der Waals surface area contributed by atoms with E-state index in [1.54, 1.807) is 10.7 Å². The fourth-order valence-corrected chi connectivity index (χ4v) is 6.05. The molecule has 0 aliphatic carbocycles. The van der Waals surface area contributed by atoms with Gasteiger partial charge in [-0.25, -0.2) is 18.1 Å². The highest BCUT2D eigenvalue weighted by atomic mass is 35.5. The number of carbonyl (C=O) groups excluding carboxylic acids is 1. The van der Waals surface area contributed by atoms with E-state index < -0.39 is 10.0 Å². The van der Waals surface area contributed by atoms with Crippen molar-refractivity contribution in [3.05, 3.63) is 80.9 Å². The number of piperidine rings is 1. The maximum atomic E-state index is 13.1. The monoisotopic (exact) mass is 526 g/mol. The summed E-state index contributed by atoms with van der Waals surface area (Å²) in [6, 6.07) is 13.3. The molecule has 1 aliphatic rings. The van der Waals surface area contributed by atoms with Crippen molar-refractivity contribution >= 4 is 38.6 Å². The summed E-state index contributed by atoms with van der Waals surface area (Å²) >= 11 is 6.08. The minimum atomic E-state index is -3.69. The van der Waals surface area contributed by atoms with Crippen molar-refractivity contribution in [3.63, 3.8) is 0 Å². The second kappa shape index (κ2) is 9.57. The second-order valence-corrected chi connectivity index (χ2v) is 11.1. The normalized spacial score (nSPS) is 15.4. The summed E-state index contributed by atoms with van der Waals surface area (Å²) in [5.41, 5.74) is 1.49. The van der Waals surface area contributed by atoms with Crippen LogP contribution in [0.2, 0.25) is 5.02 Å². The van der Waals surface area contributed by atoms with Crippen LogP contribution in [0.4, 0.5) is 0 Å². The molecule has 0 amide bonds. The van der Waals surface area contributed by atoms with Gasteiger partial charge in [0.25, 0.3) is 5.56 Å². The lowest BCUT2D eigenvalue weighted by Crippen LogP contribution is -2.38.